The lowest BCUT2D eigenvalue weighted by Crippen LogP contribution is -2.03. The van der Waals surface area contributed by atoms with Crippen LogP contribution in [0.25, 0.3) is 0 Å². The highest BCUT2D eigenvalue weighted by atomic mass is 32.2. The van der Waals surface area contributed by atoms with Crippen LogP contribution in [0.1, 0.15) is 102 Å². The van der Waals surface area contributed by atoms with Crippen molar-refractivity contribution in [1.29, 1.82) is 0 Å². The first-order valence-electron chi connectivity index (χ1n) is 14.0. The molecule has 0 radical (unpaired) electrons. The van der Waals surface area contributed by atoms with Gasteiger partial charge in [0.15, 0.2) is 0 Å². The summed E-state index contributed by atoms with van der Waals surface area (Å²) in [7, 11) is 0. The second-order valence-electron chi connectivity index (χ2n) is 9.57. The molecule has 37 heavy (non-hydrogen) atoms. The van der Waals surface area contributed by atoms with E-state index in [0.717, 1.165) is 110 Å². The lowest BCUT2D eigenvalue weighted by atomic mass is 10.1. The number of hydrogen-bond acceptors (Lipinski definition) is 5. The van der Waals surface area contributed by atoms with Crippen molar-refractivity contribution >= 4 is 24.1 Å². The minimum absolute atomic E-state index is 0.739. The van der Waals surface area contributed by atoms with Gasteiger partial charge >= 0.3 is 0 Å². The zero-order valence-corrected chi connectivity index (χ0v) is 24.4. The van der Waals surface area contributed by atoms with Crippen LogP contribution in [0.5, 0.6) is 0 Å². The molecule has 0 aromatic heterocycles. The summed E-state index contributed by atoms with van der Waals surface area (Å²) in [5.41, 5.74) is 2.51. The van der Waals surface area contributed by atoms with E-state index >= 15 is 0 Å². The molecule has 2 rings (SSSR count). The summed E-state index contributed by atoms with van der Waals surface area (Å²) < 4.78 is 27.3. The van der Waals surface area contributed by atoms with Crippen LogP contribution in [0.4, 0.5) is 0 Å². The van der Waals surface area contributed by atoms with E-state index < -0.39 is 0 Å². The molecule has 2 aromatic carbocycles. The number of rotatable bonds is 20. The van der Waals surface area contributed by atoms with Crippen molar-refractivity contribution in [2.75, 3.05) is 0 Å². The van der Waals surface area contributed by atoms with Gasteiger partial charge < -0.3 is 13.8 Å². The molecule has 0 spiro atoms. The molecule has 0 amide bonds. The molecule has 0 fully saturated rings. The average Bonchev–Trinajstić information content (AvgIpc) is 2.94. The average molecular weight is 543 g/mol. The first-order valence-corrected chi connectivity index (χ1v) is 15.6. The number of aryl methyl sites for hydroxylation is 2. The molecule has 0 unspecified atom stereocenters. The molecule has 0 saturated carbocycles. The maximum Gasteiger partial charge on any atom is 0.115 e. The largest absolute Gasteiger partial charge is 0.464 e. The fraction of sp³-hybridized carbons (Fsp3) is 0.500. The van der Waals surface area contributed by atoms with E-state index in [2.05, 4.69) is 62.4 Å². The lowest BCUT2D eigenvalue weighted by Gasteiger charge is -2.20. The Balaban J connectivity index is 2.28. The van der Waals surface area contributed by atoms with Gasteiger partial charge in [0.2, 0.25) is 0 Å². The SMILES string of the molecule is CCCCCCC(OC(CCCCCC)=C(CCc1ccccc1)SO)=C(CCc1ccccc1)SO. The zero-order chi connectivity index (χ0) is 26.6. The van der Waals surface area contributed by atoms with Gasteiger partial charge in [-0.2, -0.15) is 0 Å². The highest BCUT2D eigenvalue weighted by Crippen LogP contribution is 2.34. The fourth-order valence-corrected chi connectivity index (χ4v) is 5.22. The van der Waals surface area contributed by atoms with Gasteiger partial charge in [0.05, 0.1) is 9.81 Å². The van der Waals surface area contributed by atoms with Gasteiger partial charge in [-0.15, -0.1) is 0 Å². The lowest BCUT2D eigenvalue weighted by molar-refractivity contribution is 0.264. The van der Waals surface area contributed by atoms with E-state index in [1.165, 1.54) is 36.8 Å². The van der Waals surface area contributed by atoms with Gasteiger partial charge in [-0.3, -0.25) is 0 Å². The maximum absolute atomic E-state index is 10.3. The minimum Gasteiger partial charge on any atom is -0.464 e. The van der Waals surface area contributed by atoms with E-state index in [1.54, 1.807) is 0 Å². The summed E-state index contributed by atoms with van der Waals surface area (Å²) in [6, 6.07) is 20.8. The highest BCUT2D eigenvalue weighted by molar-refractivity contribution is 7.97. The topological polar surface area (TPSA) is 49.7 Å². The van der Waals surface area contributed by atoms with Crippen LogP contribution < -0.4 is 0 Å². The van der Waals surface area contributed by atoms with Crippen molar-refractivity contribution in [2.24, 2.45) is 0 Å². The molecule has 0 saturated heterocycles. The molecule has 2 aromatic rings. The van der Waals surface area contributed by atoms with E-state index in [4.69, 9.17) is 4.74 Å². The maximum atomic E-state index is 10.3. The van der Waals surface area contributed by atoms with E-state index in [9.17, 15) is 9.11 Å². The van der Waals surface area contributed by atoms with E-state index in [-0.39, 0.29) is 0 Å². The quantitative estimate of drug-likeness (QED) is 0.0989. The van der Waals surface area contributed by atoms with Crippen LogP contribution in [-0.2, 0) is 17.6 Å². The Morgan fingerprint density at radius 1 is 0.568 bits per heavy atom. The van der Waals surface area contributed by atoms with Gasteiger partial charge in [0.25, 0.3) is 0 Å². The predicted molar refractivity (Wildman–Crippen MR) is 163 cm³/mol. The number of benzene rings is 2. The highest BCUT2D eigenvalue weighted by Gasteiger charge is 2.16. The molecular weight excluding hydrogens is 496 g/mol. The molecule has 0 heterocycles. The van der Waals surface area contributed by atoms with Crippen molar-refractivity contribution < 1.29 is 13.8 Å². The normalized spacial score (nSPS) is 12.8. The summed E-state index contributed by atoms with van der Waals surface area (Å²) in [6.07, 6.45) is 13.9. The first-order chi connectivity index (χ1) is 18.2. The van der Waals surface area contributed by atoms with Crippen LogP contribution >= 0.6 is 24.1 Å². The van der Waals surface area contributed by atoms with E-state index in [0.29, 0.717) is 0 Å². The van der Waals surface area contributed by atoms with Crippen LogP contribution in [-0.4, -0.2) is 9.11 Å². The summed E-state index contributed by atoms with van der Waals surface area (Å²) >= 11 is 1.65. The molecule has 2 N–H and O–H groups in total. The summed E-state index contributed by atoms with van der Waals surface area (Å²) in [5, 5.41) is 0. The minimum atomic E-state index is 0.739. The summed E-state index contributed by atoms with van der Waals surface area (Å²) in [5.74, 6) is 1.74. The molecule has 0 aliphatic heterocycles. The second-order valence-corrected chi connectivity index (χ2v) is 10.9. The Morgan fingerprint density at radius 2 is 0.973 bits per heavy atom. The molecule has 204 valence electrons. The Kier molecular flexibility index (Phi) is 17.3. The summed E-state index contributed by atoms with van der Waals surface area (Å²) in [6.45, 7) is 4.44. The third-order valence-corrected chi connectivity index (χ3v) is 7.88. The molecule has 3 nitrogen and oxygen atoms in total. The molecule has 0 bridgehead atoms. The van der Waals surface area contributed by atoms with Crippen molar-refractivity contribution in [3.05, 3.63) is 93.1 Å². The second kappa shape index (κ2) is 20.3. The standard InChI is InChI=1S/C32H46O3S2/c1-3-5-7-15-21-29(31(36-33)25-23-27-17-11-9-12-18-27)35-30(22-16-8-6-4-2)32(37-34)26-24-28-19-13-10-14-20-28/h9-14,17-20,33-34H,3-8,15-16,21-26H2,1-2H3. The van der Waals surface area contributed by atoms with Crippen molar-refractivity contribution in [2.45, 2.75) is 104 Å². The molecule has 0 aliphatic rings. The third kappa shape index (κ3) is 13.1. The smallest absolute Gasteiger partial charge is 0.115 e. The van der Waals surface area contributed by atoms with Gasteiger partial charge in [0.1, 0.15) is 11.5 Å². The Hall–Kier alpha value is -1.66. The molecule has 5 heteroatoms. The number of allylic oxidation sites excluding steroid dienone is 4. The number of ether oxygens (including phenoxy) is 1. The van der Waals surface area contributed by atoms with Gasteiger partial charge in [0, 0.05) is 36.9 Å². The number of unbranched alkanes of at least 4 members (excludes halogenated alkanes) is 6. The van der Waals surface area contributed by atoms with Crippen molar-refractivity contribution in [3.8, 4) is 0 Å². The Morgan fingerprint density at radius 3 is 1.32 bits per heavy atom. The first kappa shape index (κ1) is 31.6. The van der Waals surface area contributed by atoms with Gasteiger partial charge in [-0.1, -0.05) is 113 Å². The van der Waals surface area contributed by atoms with Crippen LogP contribution in [0.15, 0.2) is 82.0 Å². The van der Waals surface area contributed by atoms with Gasteiger partial charge in [-0.25, -0.2) is 0 Å². The monoisotopic (exact) mass is 542 g/mol. The van der Waals surface area contributed by atoms with Crippen molar-refractivity contribution in [3.63, 3.8) is 0 Å². The Bertz CT molecular complexity index is 835. The zero-order valence-electron chi connectivity index (χ0n) is 22.8. The predicted octanol–water partition coefficient (Wildman–Crippen LogP) is 11.0. The summed E-state index contributed by atoms with van der Waals surface area (Å²) in [4.78, 5) is 1.80. The third-order valence-electron chi connectivity index (χ3n) is 6.57. The van der Waals surface area contributed by atoms with E-state index in [1.807, 2.05) is 12.1 Å². The van der Waals surface area contributed by atoms with Crippen LogP contribution in [0, 0.1) is 0 Å². The van der Waals surface area contributed by atoms with Crippen molar-refractivity contribution in [1.82, 2.24) is 0 Å². The van der Waals surface area contributed by atoms with Crippen LogP contribution in [0.2, 0.25) is 0 Å². The molecule has 0 atom stereocenters. The van der Waals surface area contributed by atoms with Gasteiger partial charge in [-0.05, 0) is 49.7 Å². The number of hydrogen-bond donors (Lipinski definition) is 2. The van der Waals surface area contributed by atoms with Crippen LogP contribution in [0.3, 0.4) is 0 Å². The molecule has 0 aliphatic carbocycles. The molecular formula is C32H46O3S2. The Labute approximate surface area is 234 Å². The fourth-order valence-electron chi connectivity index (χ4n) is 4.35.